The van der Waals surface area contributed by atoms with Crippen LogP contribution in [0.15, 0.2) is 238 Å². The average Bonchev–Trinajstić information content (AvgIpc) is 3.77. The van der Waals surface area contributed by atoms with Crippen LogP contribution in [0.3, 0.4) is 0 Å². The Kier molecular flexibility index (Phi) is 7.97. The molecule has 2 nitrogen and oxygen atoms in total. The van der Waals surface area contributed by atoms with E-state index in [-0.39, 0.29) is 5.41 Å². The normalized spacial score (nSPS) is 13.4. The molecule has 0 radical (unpaired) electrons. The van der Waals surface area contributed by atoms with E-state index in [1.54, 1.807) is 0 Å². The Bertz CT molecular complexity index is 2990. The summed E-state index contributed by atoms with van der Waals surface area (Å²) in [6.07, 6.45) is 0. The molecular weight excluding hydrogens is 753 g/mol. The summed E-state index contributed by atoms with van der Waals surface area (Å²) in [5.74, 6) is 0. The maximum Gasteiger partial charge on any atom is 0.0725 e. The first kappa shape index (κ1) is 34.3. The second-order valence-electron chi connectivity index (χ2n) is 15.3. The van der Waals surface area contributed by atoms with Crippen molar-refractivity contribution in [2.45, 2.75) is 25.0 Å². The highest BCUT2D eigenvalue weighted by Crippen LogP contribution is 2.63. The molecule has 59 heavy (non-hydrogen) atoms. The highest BCUT2D eigenvalue weighted by Gasteiger charge is 2.51. The van der Waals surface area contributed by atoms with Crippen LogP contribution in [0.4, 0.5) is 34.1 Å². The number of nitrogens with zero attached hydrogens (tertiary/aromatic N) is 2. The highest BCUT2D eigenvalue weighted by molar-refractivity contribution is 8.05. The van der Waals surface area contributed by atoms with E-state index in [1.165, 1.54) is 64.1 Å². The van der Waals surface area contributed by atoms with Gasteiger partial charge in [0.2, 0.25) is 0 Å². The number of hydrogen-bond donors (Lipinski definition) is 0. The lowest BCUT2D eigenvalue weighted by molar-refractivity contribution is 0.794. The zero-order valence-corrected chi connectivity index (χ0v) is 33.6. The van der Waals surface area contributed by atoms with Gasteiger partial charge in [0.1, 0.15) is 0 Å². The molecule has 9 aromatic carbocycles. The van der Waals surface area contributed by atoms with E-state index in [9.17, 15) is 0 Å². The van der Waals surface area contributed by atoms with Crippen molar-refractivity contribution >= 4 is 57.6 Å². The van der Waals surface area contributed by atoms with Gasteiger partial charge in [-0.1, -0.05) is 157 Å². The third kappa shape index (κ3) is 5.30. The Hall–Kier alpha value is -6.72. The molecule has 2 aliphatic carbocycles. The lowest BCUT2D eigenvalue weighted by atomic mass is 9.70. The van der Waals surface area contributed by atoms with E-state index in [0.29, 0.717) is 0 Å². The molecule has 0 unspecified atom stereocenters. The summed E-state index contributed by atoms with van der Waals surface area (Å²) in [7, 11) is 0. The highest BCUT2D eigenvalue weighted by atomic mass is 32.2. The first-order chi connectivity index (χ1) is 29.3. The number of hydrogen-bond acceptors (Lipinski definition) is 4. The number of rotatable bonds is 6. The fourth-order valence-corrected chi connectivity index (χ4v) is 12.0. The summed E-state index contributed by atoms with van der Waals surface area (Å²) < 4.78 is 0. The van der Waals surface area contributed by atoms with Crippen molar-refractivity contribution in [3.8, 4) is 22.3 Å². The molecule has 0 saturated carbocycles. The number of benzene rings is 9. The Morgan fingerprint density at radius 1 is 0.254 bits per heavy atom. The molecule has 0 atom stereocenters. The van der Waals surface area contributed by atoms with Crippen molar-refractivity contribution < 1.29 is 0 Å². The molecule has 0 N–H and O–H groups in total. The fraction of sp³-hybridized carbons (Fsp3) is 0.0182. The van der Waals surface area contributed by atoms with E-state index in [2.05, 4.69) is 228 Å². The molecule has 3 aliphatic rings. The van der Waals surface area contributed by atoms with Crippen LogP contribution in [0.1, 0.15) is 22.3 Å². The van der Waals surface area contributed by atoms with Crippen LogP contribution in [-0.2, 0) is 5.41 Å². The SMILES string of the molecule is c1ccc(N(c2ccccc2)c2ccc3c(c2)Sc2ccc(N(c4ccccc4)c4ccc5c(c4)-c4ccccc4C54c5ccccc5-c5ccccc54)cc2S3)cc1. The first-order valence-electron chi connectivity index (χ1n) is 20.1. The van der Waals surface area contributed by atoms with E-state index < -0.39 is 0 Å². The summed E-state index contributed by atoms with van der Waals surface area (Å²) >= 11 is 3.72. The molecular formula is C55H36N2S2. The van der Waals surface area contributed by atoms with Gasteiger partial charge in [-0.15, -0.1) is 0 Å². The molecule has 1 aliphatic heterocycles. The van der Waals surface area contributed by atoms with E-state index in [4.69, 9.17) is 0 Å². The Morgan fingerprint density at radius 3 is 1.05 bits per heavy atom. The van der Waals surface area contributed by atoms with Gasteiger partial charge in [0.25, 0.3) is 0 Å². The lowest BCUT2D eigenvalue weighted by Crippen LogP contribution is -2.25. The number of fused-ring (bicyclic) bond motifs is 12. The number of para-hydroxylation sites is 3. The van der Waals surface area contributed by atoms with Gasteiger partial charge in [-0.3, -0.25) is 0 Å². The van der Waals surface area contributed by atoms with Gasteiger partial charge in [-0.2, -0.15) is 0 Å². The minimum Gasteiger partial charge on any atom is -0.310 e. The fourth-order valence-electron chi connectivity index (χ4n) is 9.69. The molecule has 278 valence electrons. The first-order valence-corrected chi connectivity index (χ1v) is 21.7. The van der Waals surface area contributed by atoms with Gasteiger partial charge in [-0.25, -0.2) is 0 Å². The largest absolute Gasteiger partial charge is 0.310 e. The molecule has 12 rings (SSSR count). The smallest absolute Gasteiger partial charge is 0.0725 e. The second-order valence-corrected chi connectivity index (χ2v) is 17.4. The van der Waals surface area contributed by atoms with E-state index in [1.807, 2.05) is 23.5 Å². The van der Waals surface area contributed by atoms with Crippen LogP contribution in [0, 0.1) is 0 Å². The van der Waals surface area contributed by atoms with Crippen LogP contribution in [0.2, 0.25) is 0 Å². The van der Waals surface area contributed by atoms with Crippen LogP contribution in [-0.4, -0.2) is 0 Å². The predicted molar refractivity (Wildman–Crippen MR) is 247 cm³/mol. The summed E-state index contributed by atoms with van der Waals surface area (Å²) in [5, 5.41) is 0. The van der Waals surface area contributed by atoms with Crippen molar-refractivity contribution in [1.82, 2.24) is 0 Å². The summed E-state index contributed by atoms with van der Waals surface area (Å²) in [6.45, 7) is 0. The maximum absolute atomic E-state index is 2.43. The minimum absolute atomic E-state index is 0.360. The van der Waals surface area contributed by atoms with Crippen LogP contribution < -0.4 is 9.80 Å². The zero-order valence-electron chi connectivity index (χ0n) is 32.0. The zero-order chi connectivity index (χ0) is 38.9. The van der Waals surface area contributed by atoms with Crippen molar-refractivity contribution in [1.29, 1.82) is 0 Å². The monoisotopic (exact) mass is 788 g/mol. The molecule has 0 aromatic heterocycles. The second kappa shape index (κ2) is 13.7. The standard InChI is InChI=1S/C55H36N2S2/c1-4-16-37(17-5-1)56(38-18-6-2-7-19-38)41-29-32-51-53(35-41)58-52-33-30-42(36-54(52)59-51)57(39-20-8-3-9-21-39)40-28-31-50-46(34-40)45-24-12-15-27-49(45)55(50)47-25-13-10-22-43(47)44-23-11-14-26-48(44)55/h1-36H. The van der Waals surface area contributed by atoms with Crippen LogP contribution in [0.5, 0.6) is 0 Å². The summed E-state index contributed by atoms with van der Waals surface area (Å²) in [4.78, 5) is 9.83. The quantitative estimate of drug-likeness (QED) is 0.165. The van der Waals surface area contributed by atoms with Crippen molar-refractivity contribution in [2.75, 3.05) is 9.80 Å². The van der Waals surface area contributed by atoms with Crippen LogP contribution >= 0.6 is 23.5 Å². The molecule has 0 fully saturated rings. The van der Waals surface area contributed by atoms with Gasteiger partial charge in [0.05, 0.1) is 5.41 Å². The predicted octanol–water partition coefficient (Wildman–Crippen LogP) is 15.6. The van der Waals surface area contributed by atoms with Gasteiger partial charge in [-0.05, 0) is 129 Å². The maximum atomic E-state index is 2.43. The van der Waals surface area contributed by atoms with E-state index in [0.717, 1.165) is 34.1 Å². The average molecular weight is 789 g/mol. The van der Waals surface area contributed by atoms with Gasteiger partial charge in [0, 0.05) is 53.7 Å². The molecule has 0 saturated heterocycles. The number of anilines is 6. The molecule has 0 bridgehead atoms. The van der Waals surface area contributed by atoms with Crippen molar-refractivity contribution in [2.24, 2.45) is 0 Å². The molecule has 1 spiro atoms. The van der Waals surface area contributed by atoms with E-state index >= 15 is 0 Å². The minimum atomic E-state index is -0.360. The lowest BCUT2D eigenvalue weighted by Gasteiger charge is -2.31. The molecule has 0 amide bonds. The molecule has 1 heterocycles. The van der Waals surface area contributed by atoms with Crippen molar-refractivity contribution in [3.63, 3.8) is 0 Å². The molecule has 4 heteroatoms. The van der Waals surface area contributed by atoms with Gasteiger partial charge >= 0.3 is 0 Å². The Morgan fingerprint density at radius 2 is 0.593 bits per heavy atom. The third-order valence-electron chi connectivity index (χ3n) is 12.1. The molecule has 9 aromatic rings. The summed E-state index contributed by atoms with van der Waals surface area (Å²) in [6, 6.07) is 80.2. The Labute approximate surface area is 353 Å². The Balaban J connectivity index is 0.950. The van der Waals surface area contributed by atoms with Gasteiger partial charge < -0.3 is 9.80 Å². The van der Waals surface area contributed by atoms with Gasteiger partial charge in [0.15, 0.2) is 0 Å². The van der Waals surface area contributed by atoms with Crippen molar-refractivity contribution in [3.05, 3.63) is 241 Å². The topological polar surface area (TPSA) is 6.48 Å². The van der Waals surface area contributed by atoms with Crippen LogP contribution in [0.25, 0.3) is 22.3 Å². The summed E-state index contributed by atoms with van der Waals surface area (Å²) in [5.41, 5.74) is 17.2. The third-order valence-corrected chi connectivity index (χ3v) is 14.6.